The van der Waals surface area contributed by atoms with Gasteiger partial charge in [0.25, 0.3) is 0 Å². The zero-order valence-electron chi connectivity index (χ0n) is 10.8. The molecule has 5 heteroatoms. The largest absolute Gasteiger partial charge is 0.396 e. The Labute approximate surface area is 102 Å². The second-order valence-corrected chi connectivity index (χ2v) is 5.24. The van der Waals surface area contributed by atoms with Gasteiger partial charge in [-0.25, -0.2) is 0 Å². The lowest BCUT2D eigenvalue weighted by Crippen LogP contribution is -2.40. The van der Waals surface area contributed by atoms with Gasteiger partial charge in [0.15, 0.2) is 5.82 Å². The highest BCUT2D eigenvalue weighted by molar-refractivity contribution is 5.26. The van der Waals surface area contributed by atoms with Gasteiger partial charge in [-0.05, 0) is 18.3 Å². The fraction of sp³-hybridized carbons (Fsp3) is 0.833. The molecule has 0 bridgehead atoms. The molecule has 0 unspecified atom stereocenters. The molecule has 0 saturated carbocycles. The van der Waals surface area contributed by atoms with Crippen molar-refractivity contribution in [3.8, 4) is 0 Å². The Morgan fingerprint density at radius 1 is 1.53 bits per heavy atom. The van der Waals surface area contributed by atoms with E-state index in [1.165, 1.54) is 0 Å². The molecule has 0 radical (unpaired) electrons. The number of anilines is 1. The van der Waals surface area contributed by atoms with Crippen LogP contribution in [0.2, 0.25) is 0 Å². The van der Waals surface area contributed by atoms with E-state index in [0.29, 0.717) is 23.8 Å². The SMILES string of the molecule is CC(C)c1noc(N2CC[C@@H](CO)[C@@H](C)C2)n1. The summed E-state index contributed by atoms with van der Waals surface area (Å²) in [5.41, 5.74) is 0. The highest BCUT2D eigenvalue weighted by Gasteiger charge is 2.28. The van der Waals surface area contributed by atoms with Crippen LogP contribution in [0.5, 0.6) is 0 Å². The molecule has 1 aliphatic heterocycles. The minimum atomic E-state index is 0.274. The highest BCUT2D eigenvalue weighted by Crippen LogP contribution is 2.26. The Morgan fingerprint density at radius 2 is 2.29 bits per heavy atom. The maximum Gasteiger partial charge on any atom is 0.324 e. The molecule has 5 nitrogen and oxygen atoms in total. The number of hydrogen-bond acceptors (Lipinski definition) is 5. The summed E-state index contributed by atoms with van der Waals surface area (Å²) in [5.74, 6) is 1.92. The van der Waals surface area contributed by atoms with E-state index in [0.717, 1.165) is 25.3 Å². The van der Waals surface area contributed by atoms with E-state index >= 15 is 0 Å². The van der Waals surface area contributed by atoms with Crippen molar-refractivity contribution in [2.45, 2.75) is 33.1 Å². The van der Waals surface area contributed by atoms with Crippen molar-refractivity contribution >= 4 is 6.01 Å². The molecule has 0 spiro atoms. The first-order valence-electron chi connectivity index (χ1n) is 6.31. The number of piperidine rings is 1. The van der Waals surface area contributed by atoms with Crippen molar-refractivity contribution in [2.75, 3.05) is 24.6 Å². The summed E-state index contributed by atoms with van der Waals surface area (Å²) in [5, 5.41) is 13.2. The lowest BCUT2D eigenvalue weighted by molar-refractivity contribution is 0.160. The van der Waals surface area contributed by atoms with E-state index in [4.69, 9.17) is 4.52 Å². The fourth-order valence-corrected chi connectivity index (χ4v) is 2.23. The monoisotopic (exact) mass is 239 g/mol. The molecular weight excluding hydrogens is 218 g/mol. The Hall–Kier alpha value is -1.10. The lowest BCUT2D eigenvalue weighted by Gasteiger charge is -2.34. The van der Waals surface area contributed by atoms with Crippen LogP contribution in [0, 0.1) is 11.8 Å². The number of aliphatic hydroxyl groups excluding tert-OH is 1. The van der Waals surface area contributed by atoms with E-state index in [9.17, 15) is 5.11 Å². The zero-order valence-corrected chi connectivity index (χ0v) is 10.8. The number of aliphatic hydroxyl groups is 1. The molecule has 96 valence electrons. The molecule has 1 N–H and O–H groups in total. The van der Waals surface area contributed by atoms with Crippen LogP contribution in [0.3, 0.4) is 0 Å². The molecule has 0 amide bonds. The average molecular weight is 239 g/mol. The maximum absolute atomic E-state index is 9.23. The van der Waals surface area contributed by atoms with Crippen LogP contribution in [0.4, 0.5) is 6.01 Å². The van der Waals surface area contributed by atoms with E-state index < -0.39 is 0 Å². The predicted molar refractivity (Wildman–Crippen MR) is 65.0 cm³/mol. The number of rotatable bonds is 3. The number of nitrogens with zero attached hydrogens (tertiary/aromatic N) is 3. The van der Waals surface area contributed by atoms with E-state index in [1.54, 1.807) is 0 Å². The Bertz CT molecular complexity index is 364. The van der Waals surface area contributed by atoms with Gasteiger partial charge in [-0.2, -0.15) is 4.98 Å². The zero-order chi connectivity index (χ0) is 12.4. The Morgan fingerprint density at radius 3 is 2.82 bits per heavy atom. The maximum atomic E-state index is 9.23. The average Bonchev–Trinajstić information content (AvgIpc) is 2.78. The van der Waals surface area contributed by atoms with Gasteiger partial charge in [0.2, 0.25) is 0 Å². The van der Waals surface area contributed by atoms with Crippen molar-refractivity contribution in [1.29, 1.82) is 0 Å². The standard InChI is InChI=1S/C12H21N3O2/c1-8(2)11-13-12(17-14-11)15-5-4-10(7-16)9(3)6-15/h8-10,16H,4-7H2,1-3H3/t9-,10-/m0/s1. The minimum Gasteiger partial charge on any atom is -0.396 e. The molecule has 1 aromatic heterocycles. The lowest BCUT2D eigenvalue weighted by atomic mass is 9.88. The molecule has 2 rings (SSSR count). The van der Waals surface area contributed by atoms with Crippen LogP contribution < -0.4 is 4.90 Å². The third kappa shape index (κ3) is 2.60. The van der Waals surface area contributed by atoms with Gasteiger partial charge in [-0.3, -0.25) is 0 Å². The van der Waals surface area contributed by atoms with E-state index in [1.807, 2.05) is 0 Å². The molecular formula is C12H21N3O2. The number of hydrogen-bond donors (Lipinski definition) is 1. The van der Waals surface area contributed by atoms with E-state index in [-0.39, 0.29) is 6.61 Å². The molecule has 0 aliphatic carbocycles. The second-order valence-electron chi connectivity index (χ2n) is 5.24. The van der Waals surface area contributed by atoms with Crippen LogP contribution in [0.15, 0.2) is 4.52 Å². The first kappa shape index (κ1) is 12.4. The summed E-state index contributed by atoms with van der Waals surface area (Å²) < 4.78 is 5.28. The van der Waals surface area contributed by atoms with Crippen molar-refractivity contribution < 1.29 is 9.63 Å². The normalized spacial score (nSPS) is 25.6. The molecule has 2 atom stereocenters. The second kappa shape index (κ2) is 5.04. The molecule has 1 aliphatic rings. The quantitative estimate of drug-likeness (QED) is 0.869. The van der Waals surface area contributed by atoms with Crippen LogP contribution in [0.1, 0.15) is 38.9 Å². The fourth-order valence-electron chi connectivity index (χ4n) is 2.23. The van der Waals surface area contributed by atoms with E-state index in [2.05, 4.69) is 35.8 Å². The topological polar surface area (TPSA) is 62.4 Å². The molecule has 1 aromatic rings. The Balaban J connectivity index is 2.03. The molecule has 0 aromatic carbocycles. The third-order valence-electron chi connectivity index (χ3n) is 3.54. The highest BCUT2D eigenvalue weighted by atomic mass is 16.5. The molecule has 1 fully saturated rings. The van der Waals surface area contributed by atoms with Gasteiger partial charge < -0.3 is 14.5 Å². The summed E-state index contributed by atoms with van der Waals surface area (Å²) in [6, 6.07) is 0.622. The Kier molecular flexibility index (Phi) is 3.66. The first-order valence-corrected chi connectivity index (χ1v) is 6.31. The van der Waals surface area contributed by atoms with Gasteiger partial charge in [0, 0.05) is 25.6 Å². The van der Waals surface area contributed by atoms with Crippen molar-refractivity contribution in [3.63, 3.8) is 0 Å². The first-order chi connectivity index (χ1) is 8.11. The predicted octanol–water partition coefficient (Wildman–Crippen LogP) is 1.65. The van der Waals surface area contributed by atoms with Gasteiger partial charge in [-0.1, -0.05) is 25.9 Å². The third-order valence-corrected chi connectivity index (χ3v) is 3.54. The van der Waals surface area contributed by atoms with Crippen molar-refractivity contribution in [3.05, 3.63) is 5.82 Å². The molecule has 2 heterocycles. The molecule has 17 heavy (non-hydrogen) atoms. The van der Waals surface area contributed by atoms with Crippen molar-refractivity contribution in [1.82, 2.24) is 10.1 Å². The van der Waals surface area contributed by atoms with Gasteiger partial charge in [0.1, 0.15) is 0 Å². The van der Waals surface area contributed by atoms with Crippen molar-refractivity contribution in [2.24, 2.45) is 11.8 Å². The summed E-state index contributed by atoms with van der Waals surface area (Å²) in [4.78, 5) is 6.53. The van der Waals surface area contributed by atoms with Crippen LogP contribution in [0.25, 0.3) is 0 Å². The summed E-state index contributed by atoms with van der Waals surface area (Å²) >= 11 is 0. The van der Waals surface area contributed by atoms with Gasteiger partial charge in [0.05, 0.1) is 0 Å². The van der Waals surface area contributed by atoms with Crippen LogP contribution in [-0.2, 0) is 0 Å². The smallest absolute Gasteiger partial charge is 0.324 e. The van der Waals surface area contributed by atoms with Gasteiger partial charge in [-0.15, -0.1) is 0 Å². The number of aromatic nitrogens is 2. The summed E-state index contributed by atoms with van der Waals surface area (Å²) in [7, 11) is 0. The minimum absolute atomic E-state index is 0.274. The van der Waals surface area contributed by atoms with Crippen LogP contribution in [-0.4, -0.2) is 34.9 Å². The molecule has 1 saturated heterocycles. The van der Waals surface area contributed by atoms with Gasteiger partial charge >= 0.3 is 6.01 Å². The summed E-state index contributed by atoms with van der Waals surface area (Å²) in [6.07, 6.45) is 0.983. The summed E-state index contributed by atoms with van der Waals surface area (Å²) in [6.45, 7) is 8.30. The van der Waals surface area contributed by atoms with Crippen LogP contribution >= 0.6 is 0 Å².